The number of hydrogen-bond donors (Lipinski definition) is 2. The molecule has 1 aliphatic heterocycles. The summed E-state index contributed by atoms with van der Waals surface area (Å²) in [4.78, 5) is 8.81. The summed E-state index contributed by atoms with van der Waals surface area (Å²) in [5, 5.41) is 6.58. The van der Waals surface area contributed by atoms with E-state index in [1.54, 1.807) is 0 Å². The number of benzene rings is 1. The standard InChI is InChI=1S/C17H22N4O2S/c1-11-5-4-6-12(2)17(11)21-16-9-15(18-13(3)19-16)20-14-7-8-24(22,23)10-14/h4-6,9,14H,7-8,10H2,1-3H3,(H2,18,19,20,21). The summed E-state index contributed by atoms with van der Waals surface area (Å²) in [6, 6.07) is 7.85. The molecule has 1 atom stereocenters. The molecule has 2 N–H and O–H groups in total. The summed E-state index contributed by atoms with van der Waals surface area (Å²) in [5.74, 6) is 2.38. The van der Waals surface area contributed by atoms with E-state index in [2.05, 4.69) is 20.6 Å². The lowest BCUT2D eigenvalue weighted by Gasteiger charge is -2.15. The second kappa shape index (κ2) is 6.39. The third-order valence-electron chi connectivity index (χ3n) is 4.16. The van der Waals surface area contributed by atoms with Gasteiger partial charge in [-0.25, -0.2) is 18.4 Å². The monoisotopic (exact) mass is 346 g/mol. The Morgan fingerprint density at radius 1 is 1.08 bits per heavy atom. The first kappa shape index (κ1) is 16.7. The van der Waals surface area contributed by atoms with E-state index in [-0.39, 0.29) is 17.5 Å². The molecule has 0 radical (unpaired) electrons. The second-order valence-electron chi connectivity index (χ2n) is 6.32. The van der Waals surface area contributed by atoms with Crippen LogP contribution in [0.25, 0.3) is 0 Å². The van der Waals surface area contributed by atoms with Gasteiger partial charge in [-0.2, -0.15) is 0 Å². The van der Waals surface area contributed by atoms with E-state index in [1.165, 1.54) is 0 Å². The fourth-order valence-electron chi connectivity index (χ4n) is 2.96. The molecule has 24 heavy (non-hydrogen) atoms. The second-order valence-corrected chi connectivity index (χ2v) is 8.55. The number of anilines is 3. The Hall–Kier alpha value is -2.15. The molecular formula is C17H22N4O2S. The molecule has 1 unspecified atom stereocenters. The van der Waals surface area contributed by atoms with Gasteiger partial charge in [0.05, 0.1) is 11.5 Å². The predicted octanol–water partition coefficient (Wildman–Crippen LogP) is 2.74. The zero-order valence-corrected chi connectivity index (χ0v) is 14.9. The molecule has 1 aromatic heterocycles. The quantitative estimate of drug-likeness (QED) is 0.885. The maximum Gasteiger partial charge on any atom is 0.152 e. The van der Waals surface area contributed by atoms with Crippen molar-refractivity contribution in [1.29, 1.82) is 0 Å². The van der Waals surface area contributed by atoms with Gasteiger partial charge in [-0.05, 0) is 38.3 Å². The maximum atomic E-state index is 11.6. The van der Waals surface area contributed by atoms with Gasteiger partial charge >= 0.3 is 0 Å². The summed E-state index contributed by atoms with van der Waals surface area (Å²) < 4.78 is 23.2. The van der Waals surface area contributed by atoms with Crippen LogP contribution in [-0.4, -0.2) is 35.9 Å². The van der Waals surface area contributed by atoms with Gasteiger partial charge in [0.2, 0.25) is 0 Å². The normalized spacial score (nSPS) is 19.2. The summed E-state index contributed by atoms with van der Waals surface area (Å²) in [6.45, 7) is 5.92. The van der Waals surface area contributed by atoms with Crippen LogP contribution in [0.3, 0.4) is 0 Å². The Labute approximate surface area is 142 Å². The fraction of sp³-hybridized carbons (Fsp3) is 0.412. The largest absolute Gasteiger partial charge is 0.366 e. The van der Waals surface area contributed by atoms with Crippen LogP contribution in [-0.2, 0) is 9.84 Å². The molecule has 0 amide bonds. The van der Waals surface area contributed by atoms with E-state index >= 15 is 0 Å². The molecule has 7 heteroatoms. The highest BCUT2D eigenvalue weighted by Crippen LogP contribution is 2.25. The number of nitrogens with zero attached hydrogens (tertiary/aromatic N) is 2. The van der Waals surface area contributed by atoms with E-state index in [4.69, 9.17) is 0 Å². The topological polar surface area (TPSA) is 84.0 Å². The van der Waals surface area contributed by atoms with Gasteiger partial charge in [-0.1, -0.05) is 18.2 Å². The van der Waals surface area contributed by atoms with E-state index < -0.39 is 9.84 Å². The Kier molecular flexibility index (Phi) is 4.45. The van der Waals surface area contributed by atoms with Crippen molar-refractivity contribution in [2.45, 2.75) is 33.2 Å². The number of hydrogen-bond acceptors (Lipinski definition) is 6. The molecule has 1 aliphatic rings. The average molecular weight is 346 g/mol. The van der Waals surface area contributed by atoms with E-state index in [9.17, 15) is 8.42 Å². The highest BCUT2D eigenvalue weighted by molar-refractivity contribution is 7.91. The fourth-order valence-corrected chi connectivity index (χ4v) is 4.64. The van der Waals surface area contributed by atoms with Gasteiger partial charge in [-0.3, -0.25) is 0 Å². The molecule has 1 aromatic carbocycles. The number of aromatic nitrogens is 2. The van der Waals surface area contributed by atoms with Crippen molar-refractivity contribution in [3.05, 3.63) is 41.2 Å². The number of aryl methyl sites for hydroxylation is 3. The zero-order valence-electron chi connectivity index (χ0n) is 14.1. The molecule has 128 valence electrons. The first-order valence-electron chi connectivity index (χ1n) is 7.98. The third kappa shape index (κ3) is 3.84. The van der Waals surface area contributed by atoms with Crippen molar-refractivity contribution in [2.75, 3.05) is 22.1 Å². The number of para-hydroxylation sites is 1. The van der Waals surface area contributed by atoms with Crippen LogP contribution >= 0.6 is 0 Å². The molecule has 0 saturated carbocycles. The highest BCUT2D eigenvalue weighted by atomic mass is 32.2. The molecule has 3 rings (SSSR count). The molecule has 2 aromatic rings. The number of rotatable bonds is 4. The van der Waals surface area contributed by atoms with Crippen molar-refractivity contribution in [3.8, 4) is 0 Å². The molecule has 0 aliphatic carbocycles. The number of nitrogens with one attached hydrogen (secondary N) is 2. The Morgan fingerprint density at radius 3 is 2.38 bits per heavy atom. The summed E-state index contributed by atoms with van der Waals surface area (Å²) >= 11 is 0. The van der Waals surface area contributed by atoms with Gasteiger partial charge < -0.3 is 10.6 Å². The first-order valence-corrected chi connectivity index (χ1v) is 9.80. The lowest BCUT2D eigenvalue weighted by molar-refractivity contribution is 0.602. The summed E-state index contributed by atoms with van der Waals surface area (Å²) in [5.41, 5.74) is 3.32. The average Bonchev–Trinajstić information content (AvgIpc) is 2.81. The molecule has 0 spiro atoms. The van der Waals surface area contributed by atoms with Crippen molar-refractivity contribution < 1.29 is 8.42 Å². The first-order chi connectivity index (χ1) is 11.3. The minimum absolute atomic E-state index is 0.0858. The smallest absolute Gasteiger partial charge is 0.152 e. The molecule has 0 bridgehead atoms. The zero-order chi connectivity index (χ0) is 17.3. The molecule has 1 saturated heterocycles. The highest BCUT2D eigenvalue weighted by Gasteiger charge is 2.28. The van der Waals surface area contributed by atoms with Crippen LogP contribution in [0.2, 0.25) is 0 Å². The Morgan fingerprint density at radius 2 is 1.75 bits per heavy atom. The molecule has 2 heterocycles. The molecule has 1 fully saturated rings. The van der Waals surface area contributed by atoms with Crippen LogP contribution in [0.5, 0.6) is 0 Å². The van der Waals surface area contributed by atoms with Gasteiger partial charge in [0.25, 0.3) is 0 Å². The summed E-state index contributed by atoms with van der Waals surface area (Å²) in [6.07, 6.45) is 0.616. The minimum atomic E-state index is -2.92. The van der Waals surface area contributed by atoms with Gasteiger partial charge in [0, 0.05) is 17.8 Å². The van der Waals surface area contributed by atoms with E-state index in [0.29, 0.717) is 23.9 Å². The molecule has 6 nitrogen and oxygen atoms in total. The van der Waals surface area contributed by atoms with Gasteiger partial charge in [0.1, 0.15) is 17.5 Å². The van der Waals surface area contributed by atoms with Crippen LogP contribution < -0.4 is 10.6 Å². The van der Waals surface area contributed by atoms with Gasteiger partial charge in [-0.15, -0.1) is 0 Å². The summed E-state index contributed by atoms with van der Waals surface area (Å²) in [7, 11) is -2.92. The minimum Gasteiger partial charge on any atom is -0.366 e. The third-order valence-corrected chi connectivity index (χ3v) is 5.92. The lowest BCUT2D eigenvalue weighted by Crippen LogP contribution is -2.21. The van der Waals surface area contributed by atoms with E-state index in [1.807, 2.05) is 45.0 Å². The Bertz CT molecular complexity index is 845. The van der Waals surface area contributed by atoms with E-state index in [0.717, 1.165) is 16.8 Å². The van der Waals surface area contributed by atoms with Crippen molar-refractivity contribution in [2.24, 2.45) is 0 Å². The predicted molar refractivity (Wildman–Crippen MR) is 96.6 cm³/mol. The van der Waals surface area contributed by atoms with Crippen LogP contribution in [0.1, 0.15) is 23.4 Å². The number of sulfone groups is 1. The SMILES string of the molecule is Cc1nc(Nc2c(C)cccc2C)cc(NC2CCS(=O)(=O)C2)n1. The lowest BCUT2D eigenvalue weighted by atomic mass is 10.1. The van der Waals surface area contributed by atoms with Crippen LogP contribution in [0.4, 0.5) is 17.3 Å². The van der Waals surface area contributed by atoms with Gasteiger partial charge in [0.15, 0.2) is 9.84 Å². The van der Waals surface area contributed by atoms with Crippen molar-refractivity contribution >= 4 is 27.2 Å². The van der Waals surface area contributed by atoms with Crippen molar-refractivity contribution in [1.82, 2.24) is 9.97 Å². The van der Waals surface area contributed by atoms with Crippen LogP contribution in [0.15, 0.2) is 24.3 Å². The van der Waals surface area contributed by atoms with Crippen LogP contribution in [0, 0.1) is 20.8 Å². The maximum absolute atomic E-state index is 11.6. The Balaban J connectivity index is 1.82. The molecular weight excluding hydrogens is 324 g/mol. The van der Waals surface area contributed by atoms with Crippen molar-refractivity contribution in [3.63, 3.8) is 0 Å².